The zero-order chi connectivity index (χ0) is 19.5. The smallest absolute Gasteiger partial charge is 0.251 e. The molecule has 3 aromatic rings. The Balaban J connectivity index is 1.42. The van der Waals surface area contributed by atoms with Crippen LogP contribution in [0.5, 0.6) is 0 Å². The first-order valence-electron chi connectivity index (χ1n) is 9.37. The molecule has 0 spiro atoms. The van der Waals surface area contributed by atoms with Crippen molar-refractivity contribution in [2.45, 2.75) is 25.9 Å². The molecular formula is C20H22N6O2. The summed E-state index contributed by atoms with van der Waals surface area (Å²) in [5.41, 5.74) is 1.99. The summed E-state index contributed by atoms with van der Waals surface area (Å²) in [6.07, 6.45) is 6.05. The standard InChI is InChI=1S/C20H22N6O2/c1-2-25-10-6-14(12-18(25)27)19(28)23-15-7-11-26(13-15)20-22-9-5-17(24-20)16-4-3-8-21-16/h3-6,8-10,12,15,21H,2,7,11,13H2,1H3,(H,23,28). The van der Waals surface area contributed by atoms with E-state index in [1.165, 1.54) is 6.07 Å². The zero-order valence-electron chi connectivity index (χ0n) is 15.6. The van der Waals surface area contributed by atoms with E-state index in [4.69, 9.17) is 0 Å². The van der Waals surface area contributed by atoms with E-state index < -0.39 is 0 Å². The lowest BCUT2D eigenvalue weighted by atomic mass is 10.2. The summed E-state index contributed by atoms with van der Waals surface area (Å²) in [7, 11) is 0. The Hall–Kier alpha value is -3.42. The quantitative estimate of drug-likeness (QED) is 0.704. The predicted octanol–water partition coefficient (Wildman–Crippen LogP) is 1.66. The van der Waals surface area contributed by atoms with E-state index in [-0.39, 0.29) is 17.5 Å². The van der Waals surface area contributed by atoms with Crippen molar-refractivity contribution in [2.24, 2.45) is 0 Å². The van der Waals surface area contributed by atoms with Crippen LogP contribution in [0.25, 0.3) is 11.4 Å². The van der Waals surface area contributed by atoms with Gasteiger partial charge in [-0.15, -0.1) is 0 Å². The second kappa shape index (κ2) is 7.67. The molecule has 0 aromatic carbocycles. The third kappa shape index (κ3) is 3.66. The number of H-pyrrole nitrogens is 1. The van der Waals surface area contributed by atoms with Gasteiger partial charge in [0, 0.05) is 55.9 Å². The van der Waals surface area contributed by atoms with Crippen molar-refractivity contribution in [3.63, 3.8) is 0 Å². The molecular weight excluding hydrogens is 356 g/mol. The van der Waals surface area contributed by atoms with Crippen molar-refractivity contribution in [1.82, 2.24) is 24.8 Å². The van der Waals surface area contributed by atoms with E-state index in [9.17, 15) is 9.59 Å². The van der Waals surface area contributed by atoms with Crippen molar-refractivity contribution in [3.8, 4) is 11.4 Å². The number of hydrogen-bond donors (Lipinski definition) is 2. The van der Waals surface area contributed by atoms with E-state index >= 15 is 0 Å². The number of nitrogens with one attached hydrogen (secondary N) is 2. The van der Waals surface area contributed by atoms with Crippen LogP contribution in [0.4, 0.5) is 5.95 Å². The molecule has 0 radical (unpaired) electrons. The Morgan fingerprint density at radius 2 is 2.25 bits per heavy atom. The number of nitrogens with zero attached hydrogens (tertiary/aromatic N) is 4. The average molecular weight is 378 g/mol. The molecule has 144 valence electrons. The van der Waals surface area contributed by atoms with Crippen molar-refractivity contribution < 1.29 is 4.79 Å². The van der Waals surface area contributed by atoms with E-state index in [1.54, 1.807) is 23.0 Å². The second-order valence-corrected chi connectivity index (χ2v) is 6.77. The molecule has 2 N–H and O–H groups in total. The highest BCUT2D eigenvalue weighted by Gasteiger charge is 2.26. The van der Waals surface area contributed by atoms with E-state index in [2.05, 4.69) is 25.2 Å². The molecule has 8 heteroatoms. The number of pyridine rings is 1. The van der Waals surface area contributed by atoms with Gasteiger partial charge >= 0.3 is 0 Å². The van der Waals surface area contributed by atoms with Gasteiger partial charge in [-0.1, -0.05) is 0 Å². The predicted molar refractivity (Wildman–Crippen MR) is 106 cm³/mol. The van der Waals surface area contributed by atoms with Gasteiger partial charge in [0.15, 0.2) is 0 Å². The first-order chi connectivity index (χ1) is 13.6. The number of aromatic amines is 1. The van der Waals surface area contributed by atoms with Crippen LogP contribution in [0, 0.1) is 0 Å². The van der Waals surface area contributed by atoms with Crippen LogP contribution in [0.2, 0.25) is 0 Å². The molecule has 1 atom stereocenters. The second-order valence-electron chi connectivity index (χ2n) is 6.77. The third-order valence-electron chi connectivity index (χ3n) is 4.92. The Bertz CT molecular complexity index is 1030. The topological polar surface area (TPSA) is 95.9 Å². The first-order valence-corrected chi connectivity index (χ1v) is 9.37. The summed E-state index contributed by atoms with van der Waals surface area (Å²) in [5, 5.41) is 3.01. The van der Waals surface area contributed by atoms with Crippen LogP contribution < -0.4 is 15.8 Å². The molecule has 1 saturated heterocycles. The molecule has 1 unspecified atom stereocenters. The number of amides is 1. The molecule has 28 heavy (non-hydrogen) atoms. The van der Waals surface area contributed by atoms with Gasteiger partial charge in [0.25, 0.3) is 11.5 Å². The molecule has 0 bridgehead atoms. The van der Waals surface area contributed by atoms with Crippen molar-refractivity contribution in [1.29, 1.82) is 0 Å². The molecule has 1 amide bonds. The van der Waals surface area contributed by atoms with Gasteiger partial charge in [-0.05, 0) is 37.6 Å². The van der Waals surface area contributed by atoms with Crippen molar-refractivity contribution >= 4 is 11.9 Å². The fourth-order valence-corrected chi connectivity index (χ4v) is 3.38. The SMILES string of the molecule is CCn1ccc(C(=O)NC2CCN(c3nccc(-c4ccc[nH]4)n3)C2)cc1=O. The first kappa shape index (κ1) is 18.0. The summed E-state index contributed by atoms with van der Waals surface area (Å²) >= 11 is 0. The molecule has 1 aliphatic rings. The summed E-state index contributed by atoms with van der Waals surface area (Å²) < 4.78 is 1.56. The highest BCUT2D eigenvalue weighted by molar-refractivity contribution is 5.94. The maximum atomic E-state index is 12.5. The molecule has 3 aromatic heterocycles. The monoisotopic (exact) mass is 378 g/mol. The van der Waals surface area contributed by atoms with Gasteiger partial charge in [-0.25, -0.2) is 9.97 Å². The van der Waals surface area contributed by atoms with Crippen LogP contribution in [-0.2, 0) is 6.54 Å². The normalized spacial score (nSPS) is 16.3. The lowest BCUT2D eigenvalue weighted by Crippen LogP contribution is -2.38. The van der Waals surface area contributed by atoms with Crippen LogP contribution in [0.3, 0.4) is 0 Å². The summed E-state index contributed by atoms with van der Waals surface area (Å²) in [5.74, 6) is 0.419. The Kier molecular flexibility index (Phi) is 4.92. The highest BCUT2D eigenvalue weighted by atomic mass is 16.2. The van der Waals surface area contributed by atoms with Crippen LogP contribution >= 0.6 is 0 Å². The Morgan fingerprint density at radius 1 is 1.36 bits per heavy atom. The fourth-order valence-electron chi connectivity index (χ4n) is 3.38. The number of hydrogen-bond acceptors (Lipinski definition) is 5. The van der Waals surface area contributed by atoms with E-state index in [0.717, 1.165) is 24.4 Å². The molecule has 0 saturated carbocycles. The van der Waals surface area contributed by atoms with Gasteiger partial charge in [0.05, 0.1) is 11.4 Å². The van der Waals surface area contributed by atoms with Gasteiger partial charge < -0.3 is 19.8 Å². The van der Waals surface area contributed by atoms with Crippen LogP contribution in [-0.4, -0.2) is 44.6 Å². The molecule has 1 aliphatic heterocycles. The number of aromatic nitrogens is 4. The van der Waals surface area contributed by atoms with Gasteiger partial charge in [-0.2, -0.15) is 0 Å². The van der Waals surface area contributed by atoms with E-state index in [1.807, 2.05) is 31.3 Å². The van der Waals surface area contributed by atoms with Gasteiger partial charge in [0.1, 0.15) is 0 Å². The highest BCUT2D eigenvalue weighted by Crippen LogP contribution is 2.20. The number of aryl methyl sites for hydroxylation is 1. The number of rotatable bonds is 5. The fraction of sp³-hybridized carbons (Fsp3) is 0.300. The third-order valence-corrected chi connectivity index (χ3v) is 4.92. The maximum Gasteiger partial charge on any atom is 0.251 e. The maximum absolute atomic E-state index is 12.5. The molecule has 1 fully saturated rings. The minimum Gasteiger partial charge on any atom is -0.360 e. The van der Waals surface area contributed by atoms with Crippen molar-refractivity contribution in [2.75, 3.05) is 18.0 Å². The van der Waals surface area contributed by atoms with Gasteiger partial charge in [-0.3, -0.25) is 9.59 Å². The number of anilines is 1. The van der Waals surface area contributed by atoms with Crippen molar-refractivity contribution in [3.05, 3.63) is 64.8 Å². The lowest BCUT2D eigenvalue weighted by molar-refractivity contribution is 0.0940. The molecule has 4 rings (SSSR count). The number of carbonyl (C=O) groups is 1. The lowest BCUT2D eigenvalue weighted by Gasteiger charge is -2.17. The molecule has 0 aliphatic carbocycles. The molecule has 4 heterocycles. The Morgan fingerprint density at radius 3 is 3.00 bits per heavy atom. The number of carbonyl (C=O) groups excluding carboxylic acids is 1. The van der Waals surface area contributed by atoms with Crippen LogP contribution in [0.1, 0.15) is 23.7 Å². The molecule has 8 nitrogen and oxygen atoms in total. The average Bonchev–Trinajstić information content (AvgIpc) is 3.40. The van der Waals surface area contributed by atoms with Gasteiger partial charge in [0.2, 0.25) is 5.95 Å². The largest absolute Gasteiger partial charge is 0.360 e. The minimum atomic E-state index is -0.228. The summed E-state index contributed by atoms with van der Waals surface area (Å²) in [6.45, 7) is 3.86. The van der Waals surface area contributed by atoms with Crippen LogP contribution in [0.15, 0.2) is 53.7 Å². The summed E-state index contributed by atoms with van der Waals surface area (Å²) in [6, 6.07) is 8.80. The Labute approximate surface area is 162 Å². The zero-order valence-corrected chi connectivity index (χ0v) is 15.6. The minimum absolute atomic E-state index is 0.0150. The summed E-state index contributed by atoms with van der Waals surface area (Å²) in [4.78, 5) is 38.6. The van der Waals surface area contributed by atoms with E-state index in [0.29, 0.717) is 24.6 Å².